The first-order valence-corrected chi connectivity index (χ1v) is 8.57. The Morgan fingerprint density at radius 2 is 2.20 bits per heavy atom. The summed E-state index contributed by atoms with van der Waals surface area (Å²) in [6, 6.07) is 7.24. The minimum Gasteiger partial charge on any atom is -0.457 e. The van der Waals surface area contributed by atoms with Gasteiger partial charge in [-0.3, -0.25) is 0 Å². The first-order chi connectivity index (χ1) is 12.2. The van der Waals surface area contributed by atoms with Crippen molar-refractivity contribution in [2.45, 2.75) is 6.92 Å². The van der Waals surface area contributed by atoms with Crippen LogP contribution in [-0.4, -0.2) is 49.1 Å². The Labute approximate surface area is 149 Å². The molecule has 1 aromatic heterocycles. The highest BCUT2D eigenvalue weighted by molar-refractivity contribution is 7.14. The lowest BCUT2D eigenvalue weighted by Gasteiger charge is -2.25. The Bertz CT molecular complexity index is 793. The van der Waals surface area contributed by atoms with Crippen LogP contribution in [0.4, 0.5) is 4.79 Å². The maximum absolute atomic E-state index is 11.9. The molecule has 0 bridgehead atoms. The number of benzene rings is 1. The summed E-state index contributed by atoms with van der Waals surface area (Å²) in [6.45, 7) is 3.79. The van der Waals surface area contributed by atoms with Crippen LogP contribution in [0.1, 0.15) is 10.4 Å². The third kappa shape index (κ3) is 4.47. The van der Waals surface area contributed by atoms with Gasteiger partial charge in [0, 0.05) is 29.7 Å². The number of rotatable bonds is 4. The van der Waals surface area contributed by atoms with E-state index in [0.717, 1.165) is 15.4 Å². The predicted molar refractivity (Wildman–Crippen MR) is 91.4 cm³/mol. The summed E-state index contributed by atoms with van der Waals surface area (Å²) < 4.78 is 15.8. The minimum absolute atomic E-state index is 0.221. The van der Waals surface area contributed by atoms with E-state index in [1.54, 1.807) is 29.3 Å². The number of carbonyl (C=O) groups is 1. The quantitative estimate of drug-likeness (QED) is 0.781. The van der Waals surface area contributed by atoms with E-state index in [1.807, 2.05) is 6.92 Å². The van der Waals surface area contributed by atoms with Crippen molar-refractivity contribution in [3.05, 3.63) is 34.8 Å². The Kier molecular flexibility index (Phi) is 5.48. The fraction of sp³-hybridized carbons (Fsp3) is 0.353. The topological polar surface area (TPSA) is 84.7 Å². The summed E-state index contributed by atoms with van der Waals surface area (Å²) in [7, 11) is 0. The van der Waals surface area contributed by atoms with Crippen LogP contribution >= 0.6 is 11.3 Å². The van der Waals surface area contributed by atoms with Crippen molar-refractivity contribution in [2.24, 2.45) is 0 Å². The fourth-order valence-electron chi connectivity index (χ4n) is 2.34. The number of hydrogen-bond acceptors (Lipinski definition) is 7. The van der Waals surface area contributed by atoms with E-state index in [0.29, 0.717) is 37.6 Å². The molecule has 1 fully saturated rings. The van der Waals surface area contributed by atoms with E-state index in [2.05, 4.69) is 11.1 Å². The summed E-state index contributed by atoms with van der Waals surface area (Å²) in [4.78, 5) is 18.9. The number of aromatic nitrogens is 1. The van der Waals surface area contributed by atoms with Gasteiger partial charge < -0.3 is 19.1 Å². The number of nitrogens with zero attached hydrogens (tertiary/aromatic N) is 3. The van der Waals surface area contributed by atoms with Gasteiger partial charge in [0.2, 0.25) is 6.79 Å². The van der Waals surface area contributed by atoms with Crippen molar-refractivity contribution in [1.29, 1.82) is 5.26 Å². The zero-order valence-electron chi connectivity index (χ0n) is 13.7. The molecule has 0 saturated carbocycles. The number of thiazole rings is 1. The summed E-state index contributed by atoms with van der Waals surface area (Å²) >= 11 is 1.54. The first kappa shape index (κ1) is 17.2. The van der Waals surface area contributed by atoms with Crippen LogP contribution in [0.5, 0.6) is 5.75 Å². The van der Waals surface area contributed by atoms with Gasteiger partial charge in [0.15, 0.2) is 0 Å². The Hall–Kier alpha value is -2.63. The third-order valence-corrected chi connectivity index (χ3v) is 4.54. The molecule has 1 aliphatic rings. The van der Waals surface area contributed by atoms with Crippen LogP contribution in [0, 0.1) is 18.3 Å². The summed E-state index contributed by atoms with van der Waals surface area (Å²) in [5.74, 6) is 0.455. The first-order valence-electron chi connectivity index (χ1n) is 7.76. The van der Waals surface area contributed by atoms with Gasteiger partial charge in [0.1, 0.15) is 10.8 Å². The summed E-state index contributed by atoms with van der Waals surface area (Å²) in [5.41, 5.74) is 1.26. The van der Waals surface area contributed by atoms with Gasteiger partial charge in [-0.1, -0.05) is 0 Å². The van der Waals surface area contributed by atoms with Gasteiger partial charge in [0.25, 0.3) is 0 Å². The molecule has 25 heavy (non-hydrogen) atoms. The molecular formula is C17H17N3O4S. The molecule has 2 aromatic rings. The second-order valence-electron chi connectivity index (χ2n) is 5.41. The minimum atomic E-state index is -0.435. The van der Waals surface area contributed by atoms with Gasteiger partial charge in [-0.2, -0.15) is 5.26 Å². The number of nitriles is 1. The SMILES string of the molecule is Cc1cnc(-c2cc(C#N)cc(OCOC(=O)N3CCOCC3)c2)s1. The Morgan fingerprint density at radius 1 is 1.40 bits per heavy atom. The Balaban J connectivity index is 1.63. The van der Waals surface area contributed by atoms with Crippen LogP contribution < -0.4 is 4.74 Å². The molecule has 0 aliphatic carbocycles. The van der Waals surface area contributed by atoms with E-state index in [9.17, 15) is 10.1 Å². The van der Waals surface area contributed by atoms with E-state index in [1.165, 1.54) is 11.3 Å². The zero-order chi connectivity index (χ0) is 17.6. The summed E-state index contributed by atoms with van der Waals surface area (Å²) in [5, 5.41) is 10.0. The molecule has 0 N–H and O–H groups in total. The molecule has 0 radical (unpaired) electrons. The molecule has 0 spiro atoms. The van der Waals surface area contributed by atoms with Gasteiger partial charge >= 0.3 is 6.09 Å². The van der Waals surface area contributed by atoms with E-state index in [-0.39, 0.29) is 6.79 Å². The van der Waals surface area contributed by atoms with Crippen molar-refractivity contribution < 1.29 is 19.0 Å². The maximum Gasteiger partial charge on any atom is 0.412 e. The molecule has 1 amide bonds. The lowest BCUT2D eigenvalue weighted by molar-refractivity contribution is 0.00155. The lowest BCUT2D eigenvalue weighted by atomic mass is 10.1. The number of hydrogen-bond donors (Lipinski definition) is 0. The highest BCUT2D eigenvalue weighted by Crippen LogP contribution is 2.29. The number of aryl methyl sites for hydroxylation is 1. The van der Waals surface area contributed by atoms with Gasteiger partial charge in [-0.25, -0.2) is 9.78 Å². The molecule has 1 aliphatic heterocycles. The molecule has 1 aromatic carbocycles. The molecule has 8 heteroatoms. The molecule has 3 rings (SSSR count). The fourth-order valence-corrected chi connectivity index (χ4v) is 3.10. The standard InChI is InChI=1S/C17H17N3O4S/c1-12-10-19-16(25-12)14-6-13(9-18)7-15(8-14)23-11-24-17(21)20-2-4-22-5-3-20/h6-8,10H,2-5,11H2,1H3. The molecular weight excluding hydrogens is 342 g/mol. The zero-order valence-corrected chi connectivity index (χ0v) is 14.5. The number of ether oxygens (including phenoxy) is 3. The van der Waals surface area contributed by atoms with Gasteiger partial charge in [-0.15, -0.1) is 11.3 Å². The van der Waals surface area contributed by atoms with Crippen LogP contribution in [0.2, 0.25) is 0 Å². The van der Waals surface area contributed by atoms with Crippen LogP contribution in [0.25, 0.3) is 10.6 Å². The van der Waals surface area contributed by atoms with Crippen molar-refractivity contribution in [2.75, 3.05) is 33.1 Å². The number of carbonyl (C=O) groups excluding carboxylic acids is 1. The average Bonchev–Trinajstić information content (AvgIpc) is 3.08. The molecule has 7 nitrogen and oxygen atoms in total. The monoisotopic (exact) mass is 359 g/mol. The van der Waals surface area contributed by atoms with Crippen molar-refractivity contribution in [3.8, 4) is 22.4 Å². The lowest BCUT2D eigenvalue weighted by Crippen LogP contribution is -2.41. The summed E-state index contributed by atoms with van der Waals surface area (Å²) in [6.07, 6.45) is 1.35. The van der Waals surface area contributed by atoms with Crippen LogP contribution in [0.3, 0.4) is 0 Å². The predicted octanol–water partition coefficient (Wildman–Crippen LogP) is 2.80. The molecule has 0 unspecified atom stereocenters. The highest BCUT2D eigenvalue weighted by Gasteiger charge is 2.18. The second-order valence-corrected chi connectivity index (χ2v) is 6.64. The van der Waals surface area contributed by atoms with Gasteiger partial charge in [0.05, 0.1) is 24.8 Å². The molecule has 1 saturated heterocycles. The van der Waals surface area contributed by atoms with Gasteiger partial charge in [-0.05, 0) is 25.1 Å². The highest BCUT2D eigenvalue weighted by atomic mass is 32.1. The molecule has 130 valence electrons. The van der Waals surface area contributed by atoms with E-state index < -0.39 is 6.09 Å². The van der Waals surface area contributed by atoms with Crippen LogP contribution in [0.15, 0.2) is 24.4 Å². The van der Waals surface area contributed by atoms with Crippen LogP contribution in [-0.2, 0) is 9.47 Å². The van der Waals surface area contributed by atoms with Crippen molar-refractivity contribution in [3.63, 3.8) is 0 Å². The van der Waals surface area contributed by atoms with Crippen molar-refractivity contribution >= 4 is 17.4 Å². The van der Waals surface area contributed by atoms with E-state index in [4.69, 9.17) is 14.2 Å². The Morgan fingerprint density at radius 3 is 2.88 bits per heavy atom. The number of morpholine rings is 1. The second kappa shape index (κ2) is 7.96. The normalized spacial score (nSPS) is 14.0. The van der Waals surface area contributed by atoms with E-state index >= 15 is 0 Å². The maximum atomic E-state index is 11.9. The molecule has 2 heterocycles. The average molecular weight is 359 g/mol. The molecule has 0 atom stereocenters. The largest absolute Gasteiger partial charge is 0.457 e. The third-order valence-electron chi connectivity index (χ3n) is 3.58. The number of amides is 1. The van der Waals surface area contributed by atoms with Crippen molar-refractivity contribution in [1.82, 2.24) is 9.88 Å². The smallest absolute Gasteiger partial charge is 0.412 e.